The lowest BCUT2D eigenvalue weighted by molar-refractivity contribution is -0.00876. The molecule has 1 aliphatic carbocycles. The molecule has 2 atom stereocenters. The summed E-state index contributed by atoms with van der Waals surface area (Å²) in [6.07, 6.45) is 9.73. The fourth-order valence-corrected chi connectivity index (χ4v) is 5.36. The quantitative estimate of drug-likeness (QED) is 0.402. The standard InChI is InChI=1S/C29H32N8O2/c1-38-27-5-2-19(12-34-27)15-37-22-8-23(37)17-36(16-22)26-4-3-20(13-33-26)25-9-24(39-18-29(32)6-7-29)14-35-28(25)21(10-30)11-31/h2-5,9-10,12-14,22-23H,6-8,15-18,30,32H2,1H3/b21-10-. The van der Waals surface area contributed by atoms with Gasteiger partial charge < -0.3 is 25.8 Å². The van der Waals surface area contributed by atoms with E-state index in [1.54, 1.807) is 13.3 Å². The second-order valence-corrected chi connectivity index (χ2v) is 10.6. The number of nitriles is 1. The highest BCUT2D eigenvalue weighted by Crippen LogP contribution is 2.37. The van der Waals surface area contributed by atoms with Crippen LogP contribution in [0.2, 0.25) is 0 Å². The van der Waals surface area contributed by atoms with Crippen LogP contribution in [0.3, 0.4) is 0 Å². The molecule has 3 aromatic rings. The zero-order valence-electron chi connectivity index (χ0n) is 22.0. The number of methoxy groups -OCH3 is 1. The molecular weight excluding hydrogens is 492 g/mol. The maximum absolute atomic E-state index is 9.60. The van der Waals surface area contributed by atoms with E-state index >= 15 is 0 Å². The van der Waals surface area contributed by atoms with Gasteiger partial charge in [0.15, 0.2) is 0 Å². The summed E-state index contributed by atoms with van der Waals surface area (Å²) in [6, 6.07) is 13.0. The van der Waals surface area contributed by atoms with Crippen LogP contribution < -0.4 is 25.8 Å². The number of aromatic nitrogens is 3. The van der Waals surface area contributed by atoms with Crippen molar-refractivity contribution in [1.29, 1.82) is 5.26 Å². The molecule has 4 fully saturated rings. The fraction of sp³-hybridized carbons (Fsp3) is 0.379. The number of nitrogens with zero attached hydrogens (tertiary/aromatic N) is 6. The van der Waals surface area contributed by atoms with Gasteiger partial charge in [0, 0.05) is 67.5 Å². The van der Waals surface area contributed by atoms with Gasteiger partial charge in [-0.3, -0.25) is 9.88 Å². The number of ether oxygens (including phenoxy) is 2. The smallest absolute Gasteiger partial charge is 0.212 e. The van der Waals surface area contributed by atoms with E-state index in [2.05, 4.69) is 31.9 Å². The lowest BCUT2D eigenvalue weighted by Crippen LogP contribution is -2.68. The Kier molecular flexibility index (Phi) is 6.54. The molecular formula is C29H32N8O2. The Balaban J connectivity index is 1.16. The van der Waals surface area contributed by atoms with E-state index in [1.807, 2.05) is 36.7 Å². The SMILES string of the molecule is COc1ccc(CN2C3CC2CN(c2ccc(-c4cc(OCC5(N)CC5)cnc4/C(C#N)=C\N)cn2)C3)cn1. The van der Waals surface area contributed by atoms with Gasteiger partial charge in [-0.25, -0.2) is 9.97 Å². The van der Waals surface area contributed by atoms with Crippen molar-refractivity contribution in [1.82, 2.24) is 19.9 Å². The maximum Gasteiger partial charge on any atom is 0.212 e. The van der Waals surface area contributed by atoms with E-state index in [0.29, 0.717) is 41.6 Å². The van der Waals surface area contributed by atoms with Gasteiger partial charge >= 0.3 is 0 Å². The first-order valence-electron chi connectivity index (χ1n) is 13.2. The first kappa shape index (κ1) is 25.1. The van der Waals surface area contributed by atoms with E-state index in [4.69, 9.17) is 25.9 Å². The first-order valence-corrected chi connectivity index (χ1v) is 13.2. The summed E-state index contributed by atoms with van der Waals surface area (Å²) >= 11 is 0. The van der Waals surface area contributed by atoms with E-state index in [0.717, 1.165) is 49.4 Å². The molecule has 0 radical (unpaired) electrons. The van der Waals surface area contributed by atoms with Crippen molar-refractivity contribution < 1.29 is 9.47 Å². The van der Waals surface area contributed by atoms with Gasteiger partial charge in [-0.05, 0) is 43.0 Å². The fourth-order valence-electron chi connectivity index (χ4n) is 5.36. The molecule has 10 nitrogen and oxygen atoms in total. The van der Waals surface area contributed by atoms with Gasteiger partial charge in [0.25, 0.3) is 0 Å². The number of rotatable bonds is 9. The molecule has 0 amide bonds. The van der Waals surface area contributed by atoms with Gasteiger partial charge in [-0.15, -0.1) is 0 Å². The molecule has 2 bridgehead atoms. The topological polar surface area (TPSA) is 139 Å². The Morgan fingerprint density at radius 1 is 1.13 bits per heavy atom. The maximum atomic E-state index is 9.60. The highest BCUT2D eigenvalue weighted by molar-refractivity contribution is 5.85. The lowest BCUT2D eigenvalue weighted by Gasteiger charge is -2.56. The Bertz CT molecular complexity index is 1400. The Morgan fingerprint density at radius 3 is 2.56 bits per heavy atom. The van der Waals surface area contributed by atoms with Crippen LogP contribution in [0.5, 0.6) is 11.6 Å². The monoisotopic (exact) mass is 524 g/mol. The van der Waals surface area contributed by atoms with Crippen LogP contribution in [-0.2, 0) is 6.54 Å². The zero-order valence-corrected chi connectivity index (χ0v) is 22.0. The highest BCUT2D eigenvalue weighted by atomic mass is 16.5. The van der Waals surface area contributed by atoms with Gasteiger partial charge in [0.05, 0.1) is 30.1 Å². The number of nitrogens with two attached hydrogens (primary N) is 2. The van der Waals surface area contributed by atoms with E-state index in [1.165, 1.54) is 18.2 Å². The molecule has 39 heavy (non-hydrogen) atoms. The van der Waals surface area contributed by atoms with Crippen molar-refractivity contribution in [3.05, 3.63) is 66.4 Å². The third-order valence-electron chi connectivity index (χ3n) is 7.92. The molecule has 3 aliphatic heterocycles. The molecule has 7 rings (SSSR count). The summed E-state index contributed by atoms with van der Waals surface area (Å²) in [4.78, 5) is 18.5. The first-order chi connectivity index (χ1) is 19.0. The van der Waals surface area contributed by atoms with E-state index in [-0.39, 0.29) is 5.54 Å². The normalized spacial score (nSPS) is 21.6. The summed E-state index contributed by atoms with van der Waals surface area (Å²) in [7, 11) is 1.63. The largest absolute Gasteiger partial charge is 0.490 e. The summed E-state index contributed by atoms with van der Waals surface area (Å²) in [6.45, 7) is 3.18. The van der Waals surface area contributed by atoms with Crippen LogP contribution in [-0.4, -0.2) is 64.3 Å². The molecule has 4 aliphatic rings. The lowest BCUT2D eigenvalue weighted by atomic mass is 9.87. The summed E-state index contributed by atoms with van der Waals surface area (Å²) in [5.74, 6) is 2.18. The minimum Gasteiger partial charge on any atom is -0.490 e. The third-order valence-corrected chi connectivity index (χ3v) is 7.92. The minimum absolute atomic E-state index is 0.243. The summed E-state index contributed by atoms with van der Waals surface area (Å²) in [5, 5.41) is 9.60. The number of fused-ring (bicyclic) bond motifs is 2. The molecule has 10 heteroatoms. The molecule has 1 saturated carbocycles. The predicted molar refractivity (Wildman–Crippen MR) is 148 cm³/mol. The number of anilines is 1. The zero-order chi connectivity index (χ0) is 27.0. The van der Waals surface area contributed by atoms with Gasteiger partial charge in [0.2, 0.25) is 5.88 Å². The second-order valence-electron chi connectivity index (χ2n) is 10.6. The summed E-state index contributed by atoms with van der Waals surface area (Å²) in [5.41, 5.74) is 15.2. The van der Waals surface area contributed by atoms with Crippen LogP contribution in [0, 0.1) is 11.3 Å². The molecule has 6 heterocycles. The highest BCUT2D eigenvalue weighted by Gasteiger charge is 2.44. The molecule has 3 saturated heterocycles. The molecule has 0 aromatic carbocycles. The van der Waals surface area contributed by atoms with Crippen molar-refractivity contribution in [2.75, 3.05) is 31.7 Å². The van der Waals surface area contributed by atoms with Crippen LogP contribution in [0.1, 0.15) is 30.5 Å². The second kappa shape index (κ2) is 10.2. The van der Waals surface area contributed by atoms with Crippen LogP contribution in [0.25, 0.3) is 16.7 Å². The van der Waals surface area contributed by atoms with E-state index in [9.17, 15) is 5.26 Å². The number of piperidine rings is 1. The van der Waals surface area contributed by atoms with Crippen molar-refractivity contribution in [2.24, 2.45) is 11.5 Å². The van der Waals surface area contributed by atoms with Crippen LogP contribution in [0.4, 0.5) is 5.82 Å². The molecule has 200 valence electrons. The van der Waals surface area contributed by atoms with Crippen LogP contribution in [0.15, 0.2) is 55.1 Å². The van der Waals surface area contributed by atoms with Gasteiger partial charge in [-0.2, -0.15) is 5.26 Å². The van der Waals surface area contributed by atoms with Gasteiger partial charge in [-0.1, -0.05) is 6.07 Å². The van der Waals surface area contributed by atoms with Crippen LogP contribution >= 0.6 is 0 Å². The summed E-state index contributed by atoms with van der Waals surface area (Å²) < 4.78 is 11.1. The number of pyridine rings is 3. The average molecular weight is 525 g/mol. The number of piperazine rings is 1. The number of hydrogen-bond donors (Lipinski definition) is 2. The molecule has 0 spiro atoms. The predicted octanol–water partition coefficient (Wildman–Crippen LogP) is 2.70. The van der Waals surface area contributed by atoms with Crippen molar-refractivity contribution in [3.8, 4) is 28.8 Å². The minimum atomic E-state index is -0.243. The molecule has 2 unspecified atom stereocenters. The van der Waals surface area contributed by atoms with Gasteiger partial charge in [0.1, 0.15) is 24.2 Å². The Hall–Kier alpha value is -4.20. The Labute approximate surface area is 227 Å². The third kappa shape index (κ3) is 5.11. The molecule has 4 N–H and O–H groups in total. The number of allylic oxidation sites excluding steroid dienone is 1. The van der Waals surface area contributed by atoms with E-state index < -0.39 is 0 Å². The molecule has 3 aromatic heterocycles. The van der Waals surface area contributed by atoms with Crippen molar-refractivity contribution in [3.63, 3.8) is 0 Å². The Morgan fingerprint density at radius 2 is 1.95 bits per heavy atom. The average Bonchev–Trinajstić information content (AvgIpc) is 3.73. The van der Waals surface area contributed by atoms with Crippen molar-refractivity contribution in [2.45, 2.75) is 43.4 Å². The number of hydrogen-bond acceptors (Lipinski definition) is 10. The van der Waals surface area contributed by atoms with Crippen molar-refractivity contribution >= 4 is 11.4 Å².